The molecule has 1 heterocycles. The monoisotopic (exact) mass is 234 g/mol. The largest absolute Gasteiger partial charge is 0.394 e. The quantitative estimate of drug-likeness (QED) is 0.807. The molecule has 4 nitrogen and oxygen atoms in total. The van der Waals surface area contributed by atoms with Gasteiger partial charge in [0.25, 0.3) is 0 Å². The van der Waals surface area contributed by atoms with E-state index in [1.807, 2.05) is 30.3 Å². The highest BCUT2D eigenvalue weighted by atomic mass is 16.3. The van der Waals surface area contributed by atoms with Crippen molar-refractivity contribution in [2.75, 3.05) is 13.2 Å². The standard InChI is InChI=1S/C13H18N2O2/c14-12(10-5-2-1-3-6-10)13(17)15-8-4-7-11(15)9-16/h1-3,5-6,11-12,16H,4,7-9,14H2. The first-order chi connectivity index (χ1) is 8.24. The molecule has 92 valence electrons. The summed E-state index contributed by atoms with van der Waals surface area (Å²) in [4.78, 5) is 13.9. The molecule has 4 heteroatoms. The van der Waals surface area contributed by atoms with Crippen molar-refractivity contribution in [3.05, 3.63) is 35.9 Å². The smallest absolute Gasteiger partial charge is 0.244 e. The van der Waals surface area contributed by atoms with E-state index >= 15 is 0 Å². The van der Waals surface area contributed by atoms with Gasteiger partial charge in [0.1, 0.15) is 6.04 Å². The van der Waals surface area contributed by atoms with Gasteiger partial charge < -0.3 is 15.7 Å². The molecule has 1 aliphatic heterocycles. The Hall–Kier alpha value is -1.39. The summed E-state index contributed by atoms with van der Waals surface area (Å²) in [7, 11) is 0. The zero-order valence-corrected chi connectivity index (χ0v) is 9.75. The molecular formula is C13H18N2O2. The Balaban J connectivity index is 2.10. The number of aliphatic hydroxyl groups is 1. The second-order valence-corrected chi connectivity index (χ2v) is 4.40. The highest BCUT2D eigenvalue weighted by molar-refractivity contribution is 5.83. The minimum Gasteiger partial charge on any atom is -0.394 e. The SMILES string of the molecule is NC(C(=O)N1CCCC1CO)c1ccccc1. The first kappa shape index (κ1) is 12.1. The summed E-state index contributed by atoms with van der Waals surface area (Å²) in [5, 5.41) is 9.20. The van der Waals surface area contributed by atoms with Crippen LogP contribution in [0.1, 0.15) is 24.4 Å². The lowest BCUT2D eigenvalue weighted by Gasteiger charge is -2.26. The molecule has 1 fully saturated rings. The van der Waals surface area contributed by atoms with Crippen molar-refractivity contribution < 1.29 is 9.90 Å². The number of rotatable bonds is 3. The van der Waals surface area contributed by atoms with E-state index in [0.717, 1.165) is 18.4 Å². The second kappa shape index (κ2) is 5.29. The molecule has 1 aromatic rings. The molecule has 0 radical (unpaired) electrons. The number of nitrogens with two attached hydrogens (primary N) is 1. The van der Waals surface area contributed by atoms with E-state index in [-0.39, 0.29) is 18.6 Å². The third-order valence-electron chi connectivity index (χ3n) is 3.30. The Morgan fingerprint density at radius 1 is 1.47 bits per heavy atom. The fraction of sp³-hybridized carbons (Fsp3) is 0.462. The van der Waals surface area contributed by atoms with E-state index in [2.05, 4.69) is 0 Å². The lowest BCUT2D eigenvalue weighted by molar-refractivity contribution is -0.134. The van der Waals surface area contributed by atoms with Crippen molar-refractivity contribution in [3.63, 3.8) is 0 Å². The van der Waals surface area contributed by atoms with E-state index in [0.29, 0.717) is 6.54 Å². The Labute approximate surface area is 101 Å². The second-order valence-electron chi connectivity index (χ2n) is 4.40. The van der Waals surface area contributed by atoms with Gasteiger partial charge in [0.2, 0.25) is 5.91 Å². The fourth-order valence-electron chi connectivity index (χ4n) is 2.30. The zero-order valence-electron chi connectivity index (χ0n) is 9.75. The van der Waals surface area contributed by atoms with Crippen molar-refractivity contribution in [1.82, 2.24) is 4.90 Å². The summed E-state index contributed by atoms with van der Waals surface area (Å²) in [6.45, 7) is 0.720. The molecule has 2 atom stereocenters. The Morgan fingerprint density at radius 3 is 2.82 bits per heavy atom. The summed E-state index contributed by atoms with van der Waals surface area (Å²) in [5.41, 5.74) is 6.78. The van der Waals surface area contributed by atoms with Gasteiger partial charge in [-0.3, -0.25) is 4.79 Å². The molecule has 1 saturated heterocycles. The number of likely N-dealkylation sites (tertiary alicyclic amines) is 1. The summed E-state index contributed by atoms with van der Waals surface area (Å²) >= 11 is 0. The number of nitrogens with zero attached hydrogens (tertiary/aromatic N) is 1. The van der Waals surface area contributed by atoms with Crippen LogP contribution < -0.4 is 5.73 Å². The average Bonchev–Trinajstić information content (AvgIpc) is 2.86. The maximum atomic E-state index is 12.2. The number of aliphatic hydroxyl groups excluding tert-OH is 1. The van der Waals surface area contributed by atoms with E-state index in [9.17, 15) is 9.90 Å². The number of carbonyl (C=O) groups is 1. The zero-order chi connectivity index (χ0) is 12.3. The average molecular weight is 234 g/mol. The predicted molar refractivity (Wildman–Crippen MR) is 65.2 cm³/mol. The van der Waals surface area contributed by atoms with Gasteiger partial charge >= 0.3 is 0 Å². The van der Waals surface area contributed by atoms with Crippen LogP contribution in [-0.4, -0.2) is 35.1 Å². The number of hydrogen-bond acceptors (Lipinski definition) is 3. The molecule has 0 aliphatic carbocycles. The lowest BCUT2D eigenvalue weighted by atomic mass is 10.1. The molecule has 0 aromatic heterocycles. The Morgan fingerprint density at radius 2 is 2.18 bits per heavy atom. The third-order valence-corrected chi connectivity index (χ3v) is 3.30. The number of amides is 1. The first-order valence-corrected chi connectivity index (χ1v) is 5.96. The molecule has 1 aromatic carbocycles. The molecule has 0 spiro atoms. The van der Waals surface area contributed by atoms with Crippen LogP contribution in [0, 0.1) is 0 Å². The maximum absolute atomic E-state index is 12.2. The van der Waals surface area contributed by atoms with Crippen molar-refractivity contribution in [1.29, 1.82) is 0 Å². The van der Waals surface area contributed by atoms with E-state index in [1.165, 1.54) is 0 Å². The Kier molecular flexibility index (Phi) is 3.76. The van der Waals surface area contributed by atoms with Crippen molar-refractivity contribution in [2.24, 2.45) is 5.73 Å². The van der Waals surface area contributed by atoms with Crippen LogP contribution in [0.5, 0.6) is 0 Å². The van der Waals surface area contributed by atoms with E-state index in [4.69, 9.17) is 5.73 Å². The van der Waals surface area contributed by atoms with Crippen LogP contribution in [-0.2, 0) is 4.79 Å². The van der Waals surface area contributed by atoms with Crippen molar-refractivity contribution in [3.8, 4) is 0 Å². The maximum Gasteiger partial charge on any atom is 0.244 e. The minimum atomic E-state index is -0.622. The normalized spacial score (nSPS) is 21.5. The molecule has 1 amide bonds. The highest BCUT2D eigenvalue weighted by Gasteiger charge is 2.31. The van der Waals surface area contributed by atoms with E-state index in [1.54, 1.807) is 4.90 Å². The van der Waals surface area contributed by atoms with Gasteiger partial charge in [-0.2, -0.15) is 0 Å². The van der Waals surface area contributed by atoms with Gasteiger partial charge in [-0.05, 0) is 18.4 Å². The van der Waals surface area contributed by atoms with Gasteiger partial charge in [-0.1, -0.05) is 30.3 Å². The number of hydrogen-bond donors (Lipinski definition) is 2. The predicted octanol–water partition coefficient (Wildman–Crippen LogP) is 0.670. The third kappa shape index (κ3) is 2.48. The van der Waals surface area contributed by atoms with Crippen LogP contribution in [0.25, 0.3) is 0 Å². The van der Waals surface area contributed by atoms with Crippen LogP contribution in [0.3, 0.4) is 0 Å². The van der Waals surface area contributed by atoms with Gasteiger partial charge in [0.15, 0.2) is 0 Å². The van der Waals surface area contributed by atoms with Crippen LogP contribution in [0.15, 0.2) is 30.3 Å². The van der Waals surface area contributed by atoms with E-state index < -0.39 is 6.04 Å². The van der Waals surface area contributed by atoms with Gasteiger partial charge in [-0.15, -0.1) is 0 Å². The molecule has 2 rings (SSSR count). The molecule has 2 unspecified atom stereocenters. The van der Waals surface area contributed by atoms with Gasteiger partial charge in [-0.25, -0.2) is 0 Å². The summed E-state index contributed by atoms with van der Waals surface area (Å²) in [5.74, 6) is -0.0900. The summed E-state index contributed by atoms with van der Waals surface area (Å²) < 4.78 is 0. The molecule has 17 heavy (non-hydrogen) atoms. The van der Waals surface area contributed by atoms with Crippen LogP contribution in [0.2, 0.25) is 0 Å². The highest BCUT2D eigenvalue weighted by Crippen LogP contribution is 2.21. The van der Waals surface area contributed by atoms with Gasteiger partial charge in [0, 0.05) is 6.54 Å². The lowest BCUT2D eigenvalue weighted by Crippen LogP contribution is -2.42. The minimum absolute atomic E-state index is 0.0211. The topological polar surface area (TPSA) is 66.6 Å². The number of carbonyl (C=O) groups excluding carboxylic acids is 1. The van der Waals surface area contributed by atoms with Gasteiger partial charge in [0.05, 0.1) is 12.6 Å². The van der Waals surface area contributed by atoms with Crippen molar-refractivity contribution in [2.45, 2.75) is 24.9 Å². The summed E-state index contributed by atoms with van der Waals surface area (Å²) in [6.07, 6.45) is 1.81. The molecule has 0 bridgehead atoms. The van der Waals surface area contributed by atoms with Crippen LogP contribution >= 0.6 is 0 Å². The molecular weight excluding hydrogens is 216 g/mol. The number of benzene rings is 1. The summed E-state index contributed by atoms with van der Waals surface area (Å²) in [6, 6.07) is 8.67. The van der Waals surface area contributed by atoms with Crippen molar-refractivity contribution >= 4 is 5.91 Å². The first-order valence-electron chi connectivity index (χ1n) is 5.96. The molecule has 3 N–H and O–H groups in total. The Bertz CT molecular complexity index is 380. The molecule has 0 saturated carbocycles. The fourth-order valence-corrected chi connectivity index (χ4v) is 2.30. The molecule has 1 aliphatic rings. The van der Waals surface area contributed by atoms with Crippen LogP contribution in [0.4, 0.5) is 0 Å².